The first kappa shape index (κ1) is 11.1. The summed E-state index contributed by atoms with van der Waals surface area (Å²) in [6, 6.07) is 7.11. The van der Waals surface area contributed by atoms with Crippen molar-refractivity contribution in [1.82, 2.24) is 0 Å². The Bertz CT molecular complexity index is 393. The second-order valence-corrected chi connectivity index (χ2v) is 3.07. The molecule has 1 unspecified atom stereocenters. The van der Waals surface area contributed by atoms with Crippen molar-refractivity contribution >= 4 is 0 Å². The Morgan fingerprint density at radius 1 is 1.40 bits per heavy atom. The average Bonchev–Trinajstić information content (AvgIpc) is 2.28. The van der Waals surface area contributed by atoms with Gasteiger partial charge in [-0.2, -0.15) is 5.26 Å². The Morgan fingerprint density at radius 2 is 2.07 bits per heavy atom. The molecular weight excluding hydrogens is 190 g/mol. The van der Waals surface area contributed by atoms with Crippen molar-refractivity contribution in [2.45, 2.75) is 13.0 Å². The van der Waals surface area contributed by atoms with Gasteiger partial charge in [0.15, 0.2) is 0 Å². The van der Waals surface area contributed by atoms with Gasteiger partial charge in [-0.25, -0.2) is 0 Å². The van der Waals surface area contributed by atoms with E-state index in [1.165, 1.54) is 0 Å². The lowest BCUT2D eigenvalue weighted by Crippen LogP contribution is -2.07. The highest BCUT2D eigenvalue weighted by atomic mass is 16.5. The first-order chi connectivity index (χ1) is 7.19. The summed E-state index contributed by atoms with van der Waals surface area (Å²) in [5.74, 6) is 1.22. The molecule has 15 heavy (non-hydrogen) atoms. The lowest BCUT2D eigenvalue weighted by atomic mass is 10.2. The smallest absolute Gasteiger partial charge is 0.125 e. The molecule has 0 aliphatic carbocycles. The summed E-state index contributed by atoms with van der Waals surface area (Å²) in [6.45, 7) is 5.49. The van der Waals surface area contributed by atoms with Crippen LogP contribution in [0, 0.1) is 11.3 Å². The molecule has 0 saturated carbocycles. The summed E-state index contributed by atoms with van der Waals surface area (Å²) in [4.78, 5) is 0. The number of rotatable bonds is 4. The molecule has 0 amide bonds. The molecule has 1 aromatic rings. The Morgan fingerprint density at radius 3 is 2.60 bits per heavy atom. The van der Waals surface area contributed by atoms with Crippen LogP contribution in [0.5, 0.6) is 11.5 Å². The first-order valence-corrected chi connectivity index (χ1v) is 4.58. The van der Waals surface area contributed by atoms with Gasteiger partial charge < -0.3 is 9.47 Å². The largest absolute Gasteiger partial charge is 0.497 e. The van der Waals surface area contributed by atoms with Crippen molar-refractivity contribution in [2.75, 3.05) is 7.11 Å². The Kier molecular flexibility index (Phi) is 3.75. The molecule has 0 aromatic heterocycles. The highest BCUT2D eigenvalue weighted by molar-refractivity contribution is 5.43. The summed E-state index contributed by atoms with van der Waals surface area (Å²) in [5.41, 5.74) is 0.514. The van der Waals surface area contributed by atoms with Crippen LogP contribution in [0.3, 0.4) is 0 Å². The van der Waals surface area contributed by atoms with Gasteiger partial charge in [0.05, 0.1) is 18.7 Å². The maximum Gasteiger partial charge on any atom is 0.125 e. The van der Waals surface area contributed by atoms with Gasteiger partial charge in [0.1, 0.15) is 17.6 Å². The Hall–Kier alpha value is -1.95. The predicted octanol–water partition coefficient (Wildman–Crippen LogP) is 2.52. The molecule has 0 N–H and O–H groups in total. The van der Waals surface area contributed by atoms with Crippen molar-refractivity contribution in [2.24, 2.45) is 0 Å². The van der Waals surface area contributed by atoms with Crippen molar-refractivity contribution < 1.29 is 9.47 Å². The van der Waals surface area contributed by atoms with E-state index in [1.807, 2.05) is 13.0 Å². The van der Waals surface area contributed by atoms with E-state index < -0.39 is 0 Å². The zero-order chi connectivity index (χ0) is 11.3. The Balaban J connectivity index is 2.97. The van der Waals surface area contributed by atoms with Crippen molar-refractivity contribution in [3.63, 3.8) is 0 Å². The van der Waals surface area contributed by atoms with E-state index >= 15 is 0 Å². The lowest BCUT2D eigenvalue weighted by molar-refractivity contribution is 0.268. The van der Waals surface area contributed by atoms with Gasteiger partial charge in [0, 0.05) is 6.07 Å². The fourth-order valence-corrected chi connectivity index (χ4v) is 1.08. The van der Waals surface area contributed by atoms with E-state index in [1.54, 1.807) is 31.4 Å². The third kappa shape index (κ3) is 3.03. The van der Waals surface area contributed by atoms with Crippen LogP contribution in [0.15, 0.2) is 30.9 Å². The van der Waals surface area contributed by atoms with Crippen molar-refractivity contribution in [1.29, 1.82) is 5.26 Å². The summed E-state index contributed by atoms with van der Waals surface area (Å²) >= 11 is 0. The van der Waals surface area contributed by atoms with Crippen LogP contribution in [0.25, 0.3) is 0 Å². The molecule has 1 rings (SSSR count). The number of nitrogens with zero attached hydrogens (tertiary/aromatic N) is 1. The van der Waals surface area contributed by atoms with Crippen LogP contribution in [-0.4, -0.2) is 13.2 Å². The molecule has 0 bridgehead atoms. The van der Waals surface area contributed by atoms with Gasteiger partial charge in [0.2, 0.25) is 0 Å². The van der Waals surface area contributed by atoms with Gasteiger partial charge in [-0.15, -0.1) is 0 Å². The number of ether oxygens (including phenoxy) is 2. The Labute approximate surface area is 89.6 Å². The van der Waals surface area contributed by atoms with Crippen LogP contribution in [0.1, 0.15) is 12.5 Å². The van der Waals surface area contributed by atoms with Crippen molar-refractivity contribution in [3.8, 4) is 17.6 Å². The molecule has 1 atom stereocenters. The number of benzene rings is 1. The molecule has 3 heteroatoms. The quantitative estimate of drug-likeness (QED) is 0.706. The van der Waals surface area contributed by atoms with E-state index in [0.29, 0.717) is 17.1 Å². The minimum absolute atomic E-state index is 0.0938. The lowest BCUT2D eigenvalue weighted by Gasteiger charge is -2.11. The molecule has 0 spiro atoms. The fraction of sp³-hybridized carbons (Fsp3) is 0.250. The van der Waals surface area contributed by atoms with Crippen molar-refractivity contribution in [3.05, 3.63) is 36.4 Å². The maximum absolute atomic E-state index is 8.79. The van der Waals surface area contributed by atoms with E-state index in [0.717, 1.165) is 0 Å². The van der Waals surface area contributed by atoms with Crippen LogP contribution in [-0.2, 0) is 0 Å². The second-order valence-electron chi connectivity index (χ2n) is 3.07. The topological polar surface area (TPSA) is 42.2 Å². The predicted molar refractivity (Wildman–Crippen MR) is 58.0 cm³/mol. The maximum atomic E-state index is 8.79. The van der Waals surface area contributed by atoms with Crippen LogP contribution >= 0.6 is 0 Å². The summed E-state index contributed by atoms with van der Waals surface area (Å²) in [5, 5.41) is 8.79. The standard InChI is InChI=1S/C12H13NO2/c1-4-9(2)15-12-6-10(8-13)5-11(7-12)14-3/h4-7,9H,1H2,2-3H3. The molecule has 3 nitrogen and oxygen atoms in total. The van der Waals surface area contributed by atoms with Gasteiger partial charge in [-0.1, -0.05) is 12.7 Å². The third-order valence-electron chi connectivity index (χ3n) is 1.90. The number of hydrogen-bond acceptors (Lipinski definition) is 3. The summed E-state index contributed by atoms with van der Waals surface area (Å²) in [7, 11) is 1.55. The van der Waals surface area contributed by atoms with E-state index in [2.05, 4.69) is 6.58 Å². The van der Waals surface area contributed by atoms with Gasteiger partial charge in [-0.3, -0.25) is 0 Å². The normalized spacial score (nSPS) is 11.3. The molecule has 0 saturated heterocycles. The third-order valence-corrected chi connectivity index (χ3v) is 1.90. The van der Waals surface area contributed by atoms with Crippen LogP contribution < -0.4 is 9.47 Å². The number of methoxy groups -OCH3 is 1. The minimum atomic E-state index is -0.0938. The average molecular weight is 203 g/mol. The van der Waals surface area contributed by atoms with Gasteiger partial charge >= 0.3 is 0 Å². The molecule has 0 aliphatic heterocycles. The SMILES string of the molecule is C=CC(C)Oc1cc(C#N)cc(OC)c1. The zero-order valence-corrected chi connectivity index (χ0v) is 8.86. The highest BCUT2D eigenvalue weighted by Crippen LogP contribution is 2.23. The molecule has 1 aromatic carbocycles. The monoisotopic (exact) mass is 203 g/mol. The van der Waals surface area contributed by atoms with Crippen LogP contribution in [0.4, 0.5) is 0 Å². The first-order valence-electron chi connectivity index (χ1n) is 4.58. The fourth-order valence-electron chi connectivity index (χ4n) is 1.08. The number of nitriles is 1. The molecule has 78 valence electrons. The highest BCUT2D eigenvalue weighted by Gasteiger charge is 2.04. The molecule has 0 aliphatic rings. The van der Waals surface area contributed by atoms with Crippen LogP contribution in [0.2, 0.25) is 0 Å². The minimum Gasteiger partial charge on any atom is -0.497 e. The summed E-state index contributed by atoms with van der Waals surface area (Å²) < 4.78 is 10.6. The van der Waals surface area contributed by atoms with E-state index in [-0.39, 0.29) is 6.10 Å². The van der Waals surface area contributed by atoms with E-state index in [9.17, 15) is 0 Å². The second kappa shape index (κ2) is 5.06. The van der Waals surface area contributed by atoms with Gasteiger partial charge in [0.25, 0.3) is 0 Å². The molecule has 0 fully saturated rings. The molecular formula is C12H13NO2. The van der Waals surface area contributed by atoms with Gasteiger partial charge in [-0.05, 0) is 19.1 Å². The molecule has 0 radical (unpaired) electrons. The number of hydrogen-bond donors (Lipinski definition) is 0. The zero-order valence-electron chi connectivity index (χ0n) is 8.86. The van der Waals surface area contributed by atoms with E-state index in [4.69, 9.17) is 14.7 Å². The summed E-state index contributed by atoms with van der Waals surface area (Å²) in [6.07, 6.45) is 1.59. The molecule has 0 heterocycles.